The van der Waals surface area contributed by atoms with Gasteiger partial charge in [-0.25, -0.2) is 5.84 Å². The summed E-state index contributed by atoms with van der Waals surface area (Å²) in [6.45, 7) is 0. The van der Waals surface area contributed by atoms with E-state index in [0.29, 0.717) is 32.1 Å². The minimum absolute atomic E-state index is 0.232. The molecule has 1 aromatic heterocycles. The third-order valence-electron chi connectivity index (χ3n) is 2.43. The Hall–Kier alpha value is -1.35. The number of aromatic nitrogens is 3. The van der Waals surface area contributed by atoms with Crippen molar-refractivity contribution >= 4 is 62.7 Å². The highest BCUT2D eigenvalue weighted by Crippen LogP contribution is 2.36. The molecule has 0 aliphatic rings. The fraction of sp³-hybridized carbons (Fsp3) is 0.182. The van der Waals surface area contributed by atoms with Crippen molar-refractivity contribution in [1.29, 1.82) is 0 Å². The van der Waals surface area contributed by atoms with Crippen LogP contribution in [0, 0.1) is 0 Å². The number of hydrogen-bond donors (Lipinski definition) is 3. The molecule has 0 aliphatic heterocycles. The Morgan fingerprint density at radius 1 is 1.10 bits per heavy atom. The van der Waals surface area contributed by atoms with E-state index < -0.39 is 0 Å². The molecule has 0 radical (unpaired) electrons. The summed E-state index contributed by atoms with van der Waals surface area (Å²) in [4.78, 5) is 14.2. The molecule has 112 valence electrons. The summed E-state index contributed by atoms with van der Waals surface area (Å²) in [5.41, 5.74) is 2.96. The van der Waals surface area contributed by atoms with Gasteiger partial charge in [-0.3, -0.25) is 5.43 Å². The lowest BCUT2D eigenvalue weighted by Gasteiger charge is -2.14. The number of nitrogens with one attached hydrogen (secondary N) is 2. The second kappa shape index (κ2) is 6.61. The van der Waals surface area contributed by atoms with Gasteiger partial charge in [0.1, 0.15) is 0 Å². The zero-order chi connectivity index (χ0) is 15.6. The maximum absolute atomic E-state index is 6.18. The summed E-state index contributed by atoms with van der Waals surface area (Å²) >= 11 is 15.6. The van der Waals surface area contributed by atoms with Crippen LogP contribution in [-0.2, 0) is 0 Å². The molecule has 0 aliphatic carbocycles. The number of nitrogens with zero attached hydrogens (tertiary/aromatic N) is 4. The summed E-state index contributed by atoms with van der Waals surface area (Å²) in [7, 11) is 3.62. The first kappa shape index (κ1) is 16.0. The van der Waals surface area contributed by atoms with Gasteiger partial charge in [0.25, 0.3) is 0 Å². The van der Waals surface area contributed by atoms with E-state index in [4.69, 9.17) is 29.0 Å². The summed E-state index contributed by atoms with van der Waals surface area (Å²) in [5.74, 6) is 6.32. The Morgan fingerprint density at radius 2 is 1.76 bits per heavy atom. The Labute approximate surface area is 140 Å². The molecule has 2 rings (SSSR count). The molecule has 0 fully saturated rings. The van der Waals surface area contributed by atoms with Gasteiger partial charge in [-0.2, -0.15) is 15.0 Å². The Kier molecular flexibility index (Phi) is 5.04. The van der Waals surface area contributed by atoms with Gasteiger partial charge in [0.2, 0.25) is 17.8 Å². The SMILES string of the molecule is CN(C)c1nc(NN)nc(Nc2ccc(Br)c(Cl)c2Cl)n1. The van der Waals surface area contributed by atoms with Crippen molar-refractivity contribution in [2.75, 3.05) is 29.7 Å². The van der Waals surface area contributed by atoms with Crippen molar-refractivity contribution < 1.29 is 0 Å². The van der Waals surface area contributed by atoms with Crippen molar-refractivity contribution in [3.8, 4) is 0 Å². The zero-order valence-electron chi connectivity index (χ0n) is 11.2. The van der Waals surface area contributed by atoms with Crippen LogP contribution in [0.25, 0.3) is 0 Å². The van der Waals surface area contributed by atoms with Gasteiger partial charge in [-0.15, -0.1) is 0 Å². The largest absolute Gasteiger partial charge is 0.347 e. The van der Waals surface area contributed by atoms with Crippen LogP contribution < -0.4 is 21.5 Å². The third-order valence-corrected chi connectivity index (χ3v) is 4.21. The lowest BCUT2D eigenvalue weighted by Crippen LogP contribution is -2.18. The minimum Gasteiger partial charge on any atom is -0.347 e. The second-order valence-corrected chi connectivity index (χ2v) is 5.78. The molecule has 10 heteroatoms. The molecule has 0 saturated heterocycles. The average molecular weight is 393 g/mol. The molecular formula is C11H12BrCl2N7. The minimum atomic E-state index is 0.232. The van der Waals surface area contributed by atoms with Crippen LogP contribution in [0.5, 0.6) is 0 Å². The standard InChI is InChI=1S/C11H12BrCl2N7/c1-21(2)11-18-9(17-10(19-11)20-15)16-6-4-3-5(12)7(13)8(6)14/h3-4H,15H2,1-2H3,(H2,16,17,18,19,20). The molecule has 0 atom stereocenters. The quantitative estimate of drug-likeness (QED) is 0.418. The summed E-state index contributed by atoms with van der Waals surface area (Å²) in [6, 6.07) is 3.53. The lowest BCUT2D eigenvalue weighted by atomic mass is 10.3. The number of hydrogen-bond acceptors (Lipinski definition) is 7. The smallest absolute Gasteiger partial charge is 0.243 e. The molecule has 0 saturated carbocycles. The molecule has 4 N–H and O–H groups in total. The topological polar surface area (TPSA) is 92.0 Å². The number of anilines is 4. The zero-order valence-corrected chi connectivity index (χ0v) is 14.3. The van der Waals surface area contributed by atoms with Crippen LogP contribution in [0.2, 0.25) is 10.0 Å². The van der Waals surface area contributed by atoms with Crippen LogP contribution in [0.3, 0.4) is 0 Å². The third kappa shape index (κ3) is 3.65. The molecule has 1 heterocycles. The van der Waals surface area contributed by atoms with Gasteiger partial charge in [0, 0.05) is 18.6 Å². The molecule has 0 unspecified atom stereocenters. The first-order valence-electron chi connectivity index (χ1n) is 5.73. The second-order valence-electron chi connectivity index (χ2n) is 4.17. The van der Waals surface area contributed by atoms with E-state index in [9.17, 15) is 0 Å². The van der Waals surface area contributed by atoms with Crippen molar-refractivity contribution in [3.05, 3.63) is 26.7 Å². The number of nitrogen functional groups attached to an aromatic ring is 1. The number of rotatable bonds is 4. The summed E-state index contributed by atoms with van der Waals surface area (Å²) in [5, 5.41) is 3.75. The predicted octanol–water partition coefficient (Wildman–Crippen LogP) is 3.04. The first-order valence-corrected chi connectivity index (χ1v) is 7.27. The Balaban J connectivity index is 2.39. The Morgan fingerprint density at radius 3 is 2.38 bits per heavy atom. The molecule has 21 heavy (non-hydrogen) atoms. The number of halogens is 3. The van der Waals surface area contributed by atoms with Crippen LogP contribution >= 0.6 is 39.1 Å². The molecule has 7 nitrogen and oxygen atoms in total. The van der Waals surface area contributed by atoms with E-state index in [-0.39, 0.29) is 5.95 Å². The van der Waals surface area contributed by atoms with Crippen LogP contribution in [0.1, 0.15) is 0 Å². The van der Waals surface area contributed by atoms with Gasteiger partial charge >= 0.3 is 0 Å². The highest BCUT2D eigenvalue weighted by Gasteiger charge is 2.12. The lowest BCUT2D eigenvalue weighted by molar-refractivity contribution is 0.957. The van der Waals surface area contributed by atoms with Gasteiger partial charge in [-0.1, -0.05) is 23.2 Å². The molecule has 0 bridgehead atoms. The molecular weight excluding hydrogens is 381 g/mol. The molecule has 0 amide bonds. The van der Waals surface area contributed by atoms with Crippen molar-refractivity contribution in [1.82, 2.24) is 15.0 Å². The Bertz CT molecular complexity index is 665. The predicted molar refractivity (Wildman–Crippen MR) is 89.4 cm³/mol. The van der Waals surface area contributed by atoms with Crippen molar-refractivity contribution in [3.63, 3.8) is 0 Å². The number of benzene rings is 1. The maximum atomic E-state index is 6.18. The van der Waals surface area contributed by atoms with Crippen LogP contribution in [-0.4, -0.2) is 29.0 Å². The molecule has 2 aromatic rings. The highest BCUT2D eigenvalue weighted by molar-refractivity contribution is 9.10. The van der Waals surface area contributed by atoms with Crippen molar-refractivity contribution in [2.45, 2.75) is 0 Å². The first-order chi connectivity index (χ1) is 9.92. The van der Waals surface area contributed by atoms with E-state index in [2.05, 4.69) is 41.6 Å². The van der Waals surface area contributed by atoms with E-state index >= 15 is 0 Å². The van der Waals surface area contributed by atoms with Gasteiger partial charge in [-0.05, 0) is 28.1 Å². The van der Waals surface area contributed by atoms with Gasteiger partial charge in [0.05, 0.1) is 15.7 Å². The van der Waals surface area contributed by atoms with E-state index in [1.165, 1.54) is 0 Å². The molecule has 1 aromatic carbocycles. The van der Waals surface area contributed by atoms with Crippen molar-refractivity contribution in [2.24, 2.45) is 5.84 Å². The van der Waals surface area contributed by atoms with Crippen LogP contribution in [0.4, 0.5) is 23.5 Å². The normalized spacial score (nSPS) is 10.4. The van der Waals surface area contributed by atoms with Crippen LogP contribution in [0.15, 0.2) is 16.6 Å². The highest BCUT2D eigenvalue weighted by atomic mass is 79.9. The van der Waals surface area contributed by atoms with Gasteiger partial charge in [0.15, 0.2) is 0 Å². The molecule has 0 spiro atoms. The van der Waals surface area contributed by atoms with E-state index in [0.717, 1.165) is 0 Å². The van der Waals surface area contributed by atoms with E-state index in [1.807, 2.05) is 14.1 Å². The summed E-state index contributed by atoms with van der Waals surface area (Å²) in [6.07, 6.45) is 0. The number of hydrazine groups is 1. The fourth-order valence-corrected chi connectivity index (χ4v) is 2.25. The average Bonchev–Trinajstić information content (AvgIpc) is 2.47. The summed E-state index contributed by atoms with van der Waals surface area (Å²) < 4.78 is 0.702. The van der Waals surface area contributed by atoms with E-state index in [1.54, 1.807) is 17.0 Å². The maximum Gasteiger partial charge on any atom is 0.243 e. The van der Waals surface area contributed by atoms with Gasteiger partial charge < -0.3 is 10.2 Å². The monoisotopic (exact) mass is 391 g/mol. The number of nitrogens with two attached hydrogens (primary N) is 1. The fourth-order valence-electron chi connectivity index (χ4n) is 1.43.